The largest absolute Gasteiger partial charge is 0.334 e. The van der Waals surface area contributed by atoms with Gasteiger partial charge in [0.05, 0.1) is 6.54 Å². The zero-order chi connectivity index (χ0) is 19.3. The fourth-order valence-corrected chi connectivity index (χ4v) is 3.08. The van der Waals surface area contributed by atoms with Gasteiger partial charge >= 0.3 is 5.69 Å². The number of rotatable bonds is 3. The summed E-state index contributed by atoms with van der Waals surface area (Å²) in [6, 6.07) is 6.94. The molecule has 9 nitrogen and oxygen atoms in total. The van der Waals surface area contributed by atoms with Crippen LogP contribution in [0.5, 0.6) is 0 Å². The molecule has 3 heterocycles. The second kappa shape index (κ2) is 6.36. The molecule has 138 valence electrons. The number of imidazole rings is 1. The predicted molar refractivity (Wildman–Crippen MR) is 99.1 cm³/mol. The van der Waals surface area contributed by atoms with E-state index in [0.717, 1.165) is 4.57 Å². The molecule has 0 aliphatic rings. The summed E-state index contributed by atoms with van der Waals surface area (Å²) in [6.07, 6.45) is 0. The van der Waals surface area contributed by atoms with Crippen molar-refractivity contribution in [1.29, 1.82) is 0 Å². The van der Waals surface area contributed by atoms with E-state index < -0.39 is 11.2 Å². The monoisotopic (exact) mass is 406 g/mol. The molecule has 4 rings (SSSR count). The fraction of sp³-hybridized carbons (Fsp3) is 0.188. The molecule has 0 aliphatic heterocycles. The summed E-state index contributed by atoms with van der Waals surface area (Å²) in [5, 5.41) is 4.56. The first-order valence-corrected chi connectivity index (χ1v) is 8.52. The minimum Gasteiger partial charge on any atom is -0.334 e. The standard InChI is InChI=1S/C16H12Cl2N6O3/c1-22-12-11(14(25)23(2)16(22)26)24(15(18)20-12)7-10-19-13(27-21-10)8-3-5-9(17)6-4-8/h3-6H,7H2,1-2H3. The van der Waals surface area contributed by atoms with Gasteiger partial charge < -0.3 is 9.09 Å². The van der Waals surface area contributed by atoms with E-state index in [2.05, 4.69) is 15.1 Å². The van der Waals surface area contributed by atoms with E-state index in [1.165, 1.54) is 23.2 Å². The van der Waals surface area contributed by atoms with Gasteiger partial charge in [-0.2, -0.15) is 9.97 Å². The van der Waals surface area contributed by atoms with Crippen molar-refractivity contribution >= 4 is 34.4 Å². The third kappa shape index (κ3) is 2.84. The number of aryl methyl sites for hydroxylation is 1. The maximum Gasteiger partial charge on any atom is 0.332 e. The molecule has 4 aromatic rings. The molecule has 0 unspecified atom stereocenters. The van der Waals surface area contributed by atoms with E-state index in [9.17, 15) is 9.59 Å². The molecule has 11 heteroatoms. The Kier molecular flexibility index (Phi) is 4.12. The zero-order valence-corrected chi connectivity index (χ0v) is 15.7. The lowest BCUT2D eigenvalue weighted by molar-refractivity contribution is 0.421. The average molecular weight is 407 g/mol. The summed E-state index contributed by atoms with van der Waals surface area (Å²) in [5.74, 6) is 0.611. The normalized spacial score (nSPS) is 11.4. The Morgan fingerprint density at radius 1 is 1.04 bits per heavy atom. The van der Waals surface area contributed by atoms with Crippen molar-refractivity contribution < 1.29 is 4.52 Å². The third-order valence-corrected chi connectivity index (χ3v) is 4.70. The number of benzene rings is 1. The molecule has 0 atom stereocenters. The molecule has 27 heavy (non-hydrogen) atoms. The smallest absolute Gasteiger partial charge is 0.332 e. The Hall–Kier alpha value is -2.91. The molecule has 3 aromatic heterocycles. The van der Waals surface area contributed by atoms with Crippen LogP contribution < -0.4 is 11.2 Å². The Labute approximate surface area is 161 Å². The number of halogens is 2. The topological polar surface area (TPSA) is 101 Å². The summed E-state index contributed by atoms with van der Waals surface area (Å²) in [6.45, 7) is 0.0554. The van der Waals surface area contributed by atoms with E-state index in [4.69, 9.17) is 27.7 Å². The van der Waals surface area contributed by atoms with Gasteiger partial charge in [-0.15, -0.1) is 0 Å². The van der Waals surface area contributed by atoms with Gasteiger partial charge in [0, 0.05) is 24.7 Å². The summed E-state index contributed by atoms with van der Waals surface area (Å²) in [5.41, 5.74) is 0.0855. The first kappa shape index (κ1) is 17.5. The number of hydrogen-bond donors (Lipinski definition) is 0. The van der Waals surface area contributed by atoms with Gasteiger partial charge in [0.2, 0.25) is 5.28 Å². The van der Waals surface area contributed by atoms with Crippen molar-refractivity contribution in [3.63, 3.8) is 0 Å². The molecule has 0 saturated carbocycles. The second-order valence-electron chi connectivity index (χ2n) is 5.87. The van der Waals surface area contributed by atoms with Gasteiger partial charge in [-0.05, 0) is 35.9 Å². The van der Waals surface area contributed by atoms with E-state index in [1.807, 2.05) is 0 Å². The molecule has 1 aromatic carbocycles. The van der Waals surface area contributed by atoms with E-state index in [-0.39, 0.29) is 23.0 Å². The number of hydrogen-bond acceptors (Lipinski definition) is 6. The van der Waals surface area contributed by atoms with Crippen LogP contribution in [-0.4, -0.2) is 28.8 Å². The van der Waals surface area contributed by atoms with Gasteiger partial charge in [0.1, 0.15) is 0 Å². The van der Waals surface area contributed by atoms with Gasteiger partial charge in [0.15, 0.2) is 17.0 Å². The molecule has 0 aliphatic carbocycles. The highest BCUT2D eigenvalue weighted by Crippen LogP contribution is 2.21. The molecule has 0 fully saturated rings. The number of nitrogens with zero attached hydrogens (tertiary/aromatic N) is 6. The summed E-state index contributed by atoms with van der Waals surface area (Å²) in [7, 11) is 2.91. The molecule has 0 saturated heterocycles. The maximum absolute atomic E-state index is 12.5. The van der Waals surface area contributed by atoms with Crippen LogP contribution in [0.4, 0.5) is 0 Å². The third-order valence-electron chi connectivity index (χ3n) is 4.16. The first-order valence-electron chi connectivity index (χ1n) is 7.77. The van der Waals surface area contributed by atoms with Crippen molar-refractivity contribution in [2.45, 2.75) is 6.54 Å². The summed E-state index contributed by atoms with van der Waals surface area (Å²) >= 11 is 12.1. The van der Waals surface area contributed by atoms with Crippen LogP contribution in [0.25, 0.3) is 22.6 Å². The number of fused-ring (bicyclic) bond motifs is 1. The van der Waals surface area contributed by atoms with E-state index in [0.29, 0.717) is 22.3 Å². The molecule has 0 N–H and O–H groups in total. The number of aromatic nitrogens is 6. The molecule has 0 spiro atoms. The van der Waals surface area contributed by atoms with Crippen LogP contribution in [0.1, 0.15) is 5.82 Å². The zero-order valence-electron chi connectivity index (χ0n) is 14.2. The van der Waals surface area contributed by atoms with Crippen molar-refractivity contribution in [1.82, 2.24) is 28.8 Å². The Morgan fingerprint density at radius 3 is 2.44 bits per heavy atom. The molecule has 0 amide bonds. The van der Waals surface area contributed by atoms with Crippen LogP contribution in [0.3, 0.4) is 0 Å². The first-order chi connectivity index (χ1) is 12.9. The molecular weight excluding hydrogens is 395 g/mol. The van der Waals surface area contributed by atoms with Gasteiger partial charge in [0.25, 0.3) is 11.4 Å². The lowest BCUT2D eigenvalue weighted by Crippen LogP contribution is -2.37. The minimum atomic E-state index is -0.506. The van der Waals surface area contributed by atoms with Gasteiger partial charge in [-0.25, -0.2) is 4.79 Å². The van der Waals surface area contributed by atoms with Crippen molar-refractivity contribution in [2.75, 3.05) is 0 Å². The van der Waals surface area contributed by atoms with Crippen LogP contribution in [-0.2, 0) is 20.6 Å². The van der Waals surface area contributed by atoms with Crippen LogP contribution in [0.15, 0.2) is 38.4 Å². The Bertz CT molecular complexity index is 1280. The summed E-state index contributed by atoms with van der Waals surface area (Å²) < 4.78 is 8.96. The van der Waals surface area contributed by atoms with Crippen LogP contribution in [0, 0.1) is 0 Å². The quantitative estimate of drug-likeness (QED) is 0.481. The van der Waals surface area contributed by atoms with E-state index in [1.54, 1.807) is 24.3 Å². The predicted octanol–water partition coefficient (Wildman–Crippen LogP) is 1.84. The Morgan fingerprint density at radius 2 is 1.74 bits per heavy atom. The highest BCUT2D eigenvalue weighted by molar-refractivity contribution is 6.30. The second-order valence-corrected chi connectivity index (χ2v) is 6.64. The lowest BCUT2D eigenvalue weighted by atomic mass is 10.2. The van der Waals surface area contributed by atoms with Crippen molar-refractivity contribution in [3.8, 4) is 11.5 Å². The van der Waals surface area contributed by atoms with Crippen molar-refractivity contribution in [3.05, 3.63) is 61.2 Å². The fourth-order valence-electron chi connectivity index (χ4n) is 2.73. The molecular formula is C16H12Cl2N6O3. The maximum atomic E-state index is 12.5. The minimum absolute atomic E-state index is 0.0427. The van der Waals surface area contributed by atoms with Crippen LogP contribution in [0.2, 0.25) is 10.3 Å². The SMILES string of the molecule is Cn1c(=O)c2c(nc(Cl)n2Cc2noc(-c3ccc(Cl)cc3)n2)n(C)c1=O. The van der Waals surface area contributed by atoms with Crippen LogP contribution >= 0.6 is 23.2 Å². The molecule has 0 radical (unpaired) electrons. The summed E-state index contributed by atoms with van der Waals surface area (Å²) in [4.78, 5) is 33.0. The van der Waals surface area contributed by atoms with E-state index >= 15 is 0 Å². The van der Waals surface area contributed by atoms with Gasteiger partial charge in [-0.3, -0.25) is 13.9 Å². The highest BCUT2D eigenvalue weighted by Gasteiger charge is 2.20. The Balaban J connectivity index is 1.79. The highest BCUT2D eigenvalue weighted by atomic mass is 35.5. The lowest BCUT2D eigenvalue weighted by Gasteiger charge is -2.05. The molecule has 0 bridgehead atoms. The van der Waals surface area contributed by atoms with Crippen molar-refractivity contribution in [2.24, 2.45) is 14.1 Å². The average Bonchev–Trinajstić information content (AvgIpc) is 3.24. The van der Waals surface area contributed by atoms with Gasteiger partial charge in [-0.1, -0.05) is 16.8 Å².